The van der Waals surface area contributed by atoms with Gasteiger partial charge in [-0.3, -0.25) is 4.79 Å². The zero-order valence-electron chi connectivity index (χ0n) is 16.2. The number of nitrogens with zero attached hydrogens (tertiary/aromatic N) is 2. The van der Waals surface area contributed by atoms with Gasteiger partial charge in [-0.1, -0.05) is 31.2 Å². The molecule has 5 heteroatoms. The van der Waals surface area contributed by atoms with Gasteiger partial charge in [-0.25, -0.2) is 4.98 Å². The van der Waals surface area contributed by atoms with E-state index in [2.05, 4.69) is 11.9 Å². The average Bonchev–Trinajstić information content (AvgIpc) is 3.24. The molecule has 0 atom stereocenters. The summed E-state index contributed by atoms with van der Waals surface area (Å²) < 4.78 is 11.3. The number of carbonyl (C=O) groups is 1. The molecule has 1 saturated heterocycles. The molecular weight excluding hydrogens is 352 g/mol. The highest BCUT2D eigenvalue weighted by molar-refractivity contribution is 6.00. The minimum absolute atomic E-state index is 0.0450. The van der Waals surface area contributed by atoms with Gasteiger partial charge < -0.3 is 14.1 Å². The van der Waals surface area contributed by atoms with E-state index in [0.717, 1.165) is 42.8 Å². The zero-order chi connectivity index (χ0) is 19.5. The van der Waals surface area contributed by atoms with Gasteiger partial charge in [-0.15, -0.1) is 0 Å². The smallest absolute Gasteiger partial charge is 0.254 e. The summed E-state index contributed by atoms with van der Waals surface area (Å²) in [5, 5.41) is 0. The molecule has 0 bridgehead atoms. The third-order valence-corrected chi connectivity index (χ3v) is 5.32. The molecule has 0 N–H and O–H groups in total. The Hall–Kier alpha value is -3.08. The molecule has 0 unspecified atom stereocenters. The van der Waals surface area contributed by atoms with Crippen molar-refractivity contribution in [1.82, 2.24) is 9.88 Å². The number of ether oxygens (including phenoxy) is 1. The van der Waals surface area contributed by atoms with Crippen LogP contribution in [0.15, 0.2) is 59.1 Å². The Kier molecular flexibility index (Phi) is 5.15. The molecule has 1 aliphatic heterocycles. The van der Waals surface area contributed by atoms with E-state index in [4.69, 9.17) is 9.15 Å². The number of hydrogen-bond acceptors (Lipinski definition) is 4. The van der Waals surface area contributed by atoms with E-state index in [1.807, 2.05) is 53.4 Å². The first kappa shape index (κ1) is 18.3. The standard InChI is InChI=1S/C23H24N2O3/c1-16-10-12-25(13-11-16)23(26)20-9-4-3-8-19(20)22-24-15-21(28-22)17-6-5-7-18(14-17)27-2/h3-9,14-16H,10-13H2,1-2H3. The Morgan fingerprint density at radius 3 is 2.71 bits per heavy atom. The van der Waals surface area contributed by atoms with Crippen molar-refractivity contribution >= 4 is 5.91 Å². The van der Waals surface area contributed by atoms with E-state index < -0.39 is 0 Å². The lowest BCUT2D eigenvalue weighted by Crippen LogP contribution is -2.38. The molecule has 2 heterocycles. The summed E-state index contributed by atoms with van der Waals surface area (Å²) in [6, 6.07) is 15.2. The second kappa shape index (κ2) is 7.89. The second-order valence-electron chi connectivity index (χ2n) is 7.28. The van der Waals surface area contributed by atoms with Crippen molar-refractivity contribution in [2.45, 2.75) is 19.8 Å². The fraction of sp³-hybridized carbons (Fsp3) is 0.304. The first-order valence-electron chi connectivity index (χ1n) is 9.64. The van der Waals surface area contributed by atoms with Gasteiger partial charge in [0.2, 0.25) is 5.89 Å². The number of carbonyl (C=O) groups excluding carboxylic acids is 1. The highest BCUT2D eigenvalue weighted by Crippen LogP contribution is 2.31. The van der Waals surface area contributed by atoms with Gasteiger partial charge in [0.1, 0.15) is 5.75 Å². The summed E-state index contributed by atoms with van der Waals surface area (Å²) in [5.41, 5.74) is 2.24. The van der Waals surface area contributed by atoms with E-state index in [0.29, 0.717) is 23.1 Å². The second-order valence-corrected chi connectivity index (χ2v) is 7.28. The third-order valence-electron chi connectivity index (χ3n) is 5.32. The third kappa shape index (κ3) is 3.65. The van der Waals surface area contributed by atoms with Gasteiger partial charge in [-0.2, -0.15) is 0 Å². The number of hydrogen-bond donors (Lipinski definition) is 0. The summed E-state index contributed by atoms with van der Waals surface area (Å²) in [7, 11) is 1.63. The Morgan fingerprint density at radius 1 is 1.14 bits per heavy atom. The molecule has 3 aromatic rings. The normalized spacial score (nSPS) is 14.9. The molecule has 0 aliphatic carbocycles. The topological polar surface area (TPSA) is 55.6 Å². The Labute approximate surface area is 165 Å². The van der Waals surface area contributed by atoms with Crippen LogP contribution in [0.3, 0.4) is 0 Å². The Morgan fingerprint density at radius 2 is 1.93 bits per heavy atom. The van der Waals surface area contributed by atoms with Crippen molar-refractivity contribution < 1.29 is 13.9 Å². The van der Waals surface area contributed by atoms with Crippen molar-refractivity contribution in [2.75, 3.05) is 20.2 Å². The molecule has 2 aromatic carbocycles. The summed E-state index contributed by atoms with van der Waals surface area (Å²) in [6.45, 7) is 3.84. The highest BCUT2D eigenvalue weighted by atomic mass is 16.5. The van der Waals surface area contributed by atoms with Crippen molar-refractivity contribution in [3.8, 4) is 28.5 Å². The van der Waals surface area contributed by atoms with Crippen LogP contribution in [0, 0.1) is 5.92 Å². The first-order chi connectivity index (χ1) is 13.7. The van der Waals surface area contributed by atoms with Gasteiger partial charge >= 0.3 is 0 Å². The maximum absolute atomic E-state index is 13.1. The van der Waals surface area contributed by atoms with Crippen LogP contribution in [-0.4, -0.2) is 36.0 Å². The lowest BCUT2D eigenvalue weighted by atomic mass is 9.98. The van der Waals surface area contributed by atoms with E-state index in [1.165, 1.54) is 0 Å². The number of amides is 1. The molecule has 0 spiro atoms. The number of piperidine rings is 1. The number of methoxy groups -OCH3 is 1. The maximum Gasteiger partial charge on any atom is 0.254 e. The van der Waals surface area contributed by atoms with Crippen LogP contribution in [0.2, 0.25) is 0 Å². The van der Waals surface area contributed by atoms with E-state index in [9.17, 15) is 4.79 Å². The lowest BCUT2D eigenvalue weighted by Gasteiger charge is -2.30. The zero-order valence-corrected chi connectivity index (χ0v) is 16.2. The molecule has 28 heavy (non-hydrogen) atoms. The van der Waals surface area contributed by atoms with E-state index in [1.54, 1.807) is 13.3 Å². The molecule has 5 nitrogen and oxygen atoms in total. The largest absolute Gasteiger partial charge is 0.497 e. The van der Waals surface area contributed by atoms with Gasteiger partial charge in [0.25, 0.3) is 5.91 Å². The molecule has 144 valence electrons. The fourth-order valence-corrected chi connectivity index (χ4v) is 3.55. The quantitative estimate of drug-likeness (QED) is 0.651. The van der Waals surface area contributed by atoms with Crippen molar-refractivity contribution in [1.29, 1.82) is 0 Å². The van der Waals surface area contributed by atoms with Crippen molar-refractivity contribution in [3.63, 3.8) is 0 Å². The SMILES string of the molecule is COc1cccc(-c2cnc(-c3ccccc3C(=O)N3CCC(C)CC3)o2)c1. The van der Waals surface area contributed by atoms with Gasteiger partial charge in [0, 0.05) is 24.2 Å². The summed E-state index contributed by atoms with van der Waals surface area (Å²) in [6.07, 6.45) is 3.79. The number of aromatic nitrogens is 1. The van der Waals surface area contributed by atoms with Gasteiger partial charge in [0.15, 0.2) is 5.76 Å². The van der Waals surface area contributed by atoms with Crippen LogP contribution < -0.4 is 4.74 Å². The Balaban J connectivity index is 1.64. The number of benzene rings is 2. The van der Waals surface area contributed by atoms with Crippen LogP contribution in [-0.2, 0) is 0 Å². The van der Waals surface area contributed by atoms with Crippen LogP contribution in [0.5, 0.6) is 5.75 Å². The average molecular weight is 376 g/mol. The number of likely N-dealkylation sites (tertiary alicyclic amines) is 1. The predicted molar refractivity (Wildman–Crippen MR) is 108 cm³/mol. The number of rotatable bonds is 4. The minimum Gasteiger partial charge on any atom is -0.497 e. The van der Waals surface area contributed by atoms with Gasteiger partial charge in [0.05, 0.1) is 18.9 Å². The van der Waals surface area contributed by atoms with E-state index in [-0.39, 0.29) is 5.91 Å². The summed E-state index contributed by atoms with van der Waals surface area (Å²) in [4.78, 5) is 19.5. The lowest BCUT2D eigenvalue weighted by molar-refractivity contribution is 0.0698. The maximum atomic E-state index is 13.1. The Bertz CT molecular complexity index is 971. The molecule has 4 rings (SSSR count). The molecule has 1 aliphatic rings. The summed E-state index contributed by atoms with van der Waals surface area (Å²) in [5.74, 6) is 2.57. The molecule has 1 aromatic heterocycles. The molecule has 1 amide bonds. The molecule has 0 saturated carbocycles. The van der Waals surface area contributed by atoms with Gasteiger partial charge in [-0.05, 0) is 43.0 Å². The first-order valence-corrected chi connectivity index (χ1v) is 9.64. The van der Waals surface area contributed by atoms with Crippen LogP contribution >= 0.6 is 0 Å². The van der Waals surface area contributed by atoms with Crippen LogP contribution in [0.1, 0.15) is 30.1 Å². The van der Waals surface area contributed by atoms with E-state index >= 15 is 0 Å². The predicted octanol–water partition coefficient (Wildman–Crippen LogP) is 4.89. The monoisotopic (exact) mass is 376 g/mol. The highest BCUT2D eigenvalue weighted by Gasteiger charge is 2.24. The van der Waals surface area contributed by atoms with Crippen molar-refractivity contribution in [3.05, 3.63) is 60.3 Å². The van der Waals surface area contributed by atoms with Crippen LogP contribution in [0.4, 0.5) is 0 Å². The minimum atomic E-state index is 0.0450. The van der Waals surface area contributed by atoms with Crippen LogP contribution in [0.25, 0.3) is 22.8 Å². The fourth-order valence-electron chi connectivity index (χ4n) is 3.55. The van der Waals surface area contributed by atoms with Crippen molar-refractivity contribution in [2.24, 2.45) is 5.92 Å². The molecule has 0 radical (unpaired) electrons. The summed E-state index contributed by atoms with van der Waals surface area (Å²) >= 11 is 0. The molecule has 1 fully saturated rings. The molecular formula is C23H24N2O3. The number of oxazole rings is 1.